The summed E-state index contributed by atoms with van der Waals surface area (Å²) in [6, 6.07) is 15.8. The molecule has 0 saturated heterocycles. The molecule has 2 aromatic rings. The maximum atomic E-state index is 12.0. The number of carbonyl (C=O) groups excluding carboxylic acids is 1. The summed E-state index contributed by atoms with van der Waals surface area (Å²) in [6.07, 6.45) is 2.09. The lowest BCUT2D eigenvalue weighted by Crippen LogP contribution is -2.23. The summed E-state index contributed by atoms with van der Waals surface area (Å²) in [5, 5.41) is 0. The third-order valence-electron chi connectivity index (χ3n) is 3.40. The summed E-state index contributed by atoms with van der Waals surface area (Å²) in [5.41, 5.74) is 2.96. The van der Waals surface area contributed by atoms with Crippen molar-refractivity contribution in [2.45, 2.75) is 13.0 Å². The maximum Gasteiger partial charge on any atom is 0.226 e. The van der Waals surface area contributed by atoms with Gasteiger partial charge in [-0.2, -0.15) is 0 Å². The Hall–Kier alpha value is -2.55. The Labute approximate surface area is 131 Å². The second-order valence-corrected chi connectivity index (χ2v) is 5.31. The number of ether oxygens (including phenoxy) is 1. The highest BCUT2D eigenvalue weighted by Gasteiger charge is 2.11. The Balaban J connectivity index is 2.18. The third kappa shape index (κ3) is 4.22. The molecule has 0 unspecified atom stereocenters. The largest absolute Gasteiger partial charge is 0.489 e. The highest BCUT2D eigenvalue weighted by atomic mass is 16.5. The van der Waals surface area contributed by atoms with Crippen LogP contribution < -0.4 is 4.74 Å². The molecule has 0 aromatic heterocycles. The lowest BCUT2D eigenvalue weighted by atomic mass is 10.1. The van der Waals surface area contributed by atoms with Gasteiger partial charge in [-0.15, -0.1) is 0 Å². The zero-order chi connectivity index (χ0) is 15.9. The van der Waals surface area contributed by atoms with Crippen LogP contribution in [0, 0.1) is 0 Å². The van der Waals surface area contributed by atoms with Crippen molar-refractivity contribution < 1.29 is 9.53 Å². The first-order chi connectivity index (χ1) is 10.6. The molecule has 3 heteroatoms. The molecule has 2 rings (SSSR count). The lowest BCUT2D eigenvalue weighted by molar-refractivity contribution is -0.127. The molecular formula is C19H21NO2. The van der Waals surface area contributed by atoms with Crippen molar-refractivity contribution in [1.29, 1.82) is 0 Å². The van der Waals surface area contributed by atoms with E-state index in [2.05, 4.69) is 6.58 Å². The molecule has 0 heterocycles. The van der Waals surface area contributed by atoms with Gasteiger partial charge < -0.3 is 9.64 Å². The first-order valence-electron chi connectivity index (χ1n) is 7.22. The Morgan fingerprint density at radius 2 is 1.91 bits per heavy atom. The van der Waals surface area contributed by atoms with Crippen LogP contribution in [0.5, 0.6) is 5.75 Å². The van der Waals surface area contributed by atoms with Gasteiger partial charge in [-0.3, -0.25) is 4.79 Å². The van der Waals surface area contributed by atoms with Crippen LogP contribution in [0.25, 0.3) is 6.08 Å². The first kappa shape index (κ1) is 15.8. The van der Waals surface area contributed by atoms with Crippen LogP contribution in [0.4, 0.5) is 0 Å². The van der Waals surface area contributed by atoms with Gasteiger partial charge in [0.25, 0.3) is 0 Å². The molecule has 0 aliphatic heterocycles. The summed E-state index contributed by atoms with van der Waals surface area (Å²) >= 11 is 0. The molecule has 0 saturated carbocycles. The molecule has 114 valence electrons. The predicted molar refractivity (Wildman–Crippen MR) is 89.7 cm³/mol. The average molecular weight is 295 g/mol. The minimum absolute atomic E-state index is 0.0470. The van der Waals surface area contributed by atoms with Gasteiger partial charge in [-0.25, -0.2) is 0 Å². The fourth-order valence-electron chi connectivity index (χ4n) is 2.06. The van der Waals surface area contributed by atoms with Gasteiger partial charge in [0.1, 0.15) is 12.4 Å². The van der Waals surface area contributed by atoms with Gasteiger partial charge >= 0.3 is 0 Å². The van der Waals surface area contributed by atoms with Gasteiger partial charge in [0.15, 0.2) is 0 Å². The molecule has 0 spiro atoms. The van der Waals surface area contributed by atoms with Crippen LogP contribution in [0.1, 0.15) is 16.7 Å². The average Bonchev–Trinajstić information content (AvgIpc) is 2.54. The number of nitrogens with zero attached hydrogens (tertiary/aromatic N) is 1. The van der Waals surface area contributed by atoms with Crippen LogP contribution in [-0.4, -0.2) is 24.9 Å². The zero-order valence-corrected chi connectivity index (χ0v) is 13.1. The molecule has 0 atom stereocenters. The monoisotopic (exact) mass is 295 g/mol. The summed E-state index contributed by atoms with van der Waals surface area (Å²) in [6.45, 7) is 4.26. The van der Waals surface area contributed by atoms with Gasteiger partial charge in [0.2, 0.25) is 5.91 Å². The van der Waals surface area contributed by atoms with Crippen molar-refractivity contribution in [3.63, 3.8) is 0 Å². The number of carbonyl (C=O) groups is 1. The smallest absolute Gasteiger partial charge is 0.226 e. The Kier molecular flexibility index (Phi) is 5.37. The normalized spacial score (nSPS) is 10.1. The lowest BCUT2D eigenvalue weighted by Gasteiger charge is -2.15. The van der Waals surface area contributed by atoms with Crippen LogP contribution in [0.15, 0.2) is 55.1 Å². The van der Waals surface area contributed by atoms with Gasteiger partial charge in [0.05, 0.1) is 6.42 Å². The molecule has 0 aliphatic rings. The fourth-order valence-corrected chi connectivity index (χ4v) is 2.06. The Morgan fingerprint density at radius 3 is 2.55 bits per heavy atom. The molecule has 1 amide bonds. The summed E-state index contributed by atoms with van der Waals surface area (Å²) in [4.78, 5) is 13.6. The summed E-state index contributed by atoms with van der Waals surface area (Å²) in [7, 11) is 3.51. The standard InChI is InChI=1S/C19H21NO2/c1-4-15-10-11-18(17(12-15)13-19(21)20(2)3)22-14-16-8-6-5-7-9-16/h4-12H,1,13-14H2,2-3H3. The second kappa shape index (κ2) is 7.46. The number of benzene rings is 2. The number of amides is 1. The number of hydrogen-bond donors (Lipinski definition) is 0. The summed E-state index contributed by atoms with van der Waals surface area (Å²) < 4.78 is 5.90. The molecule has 0 aliphatic carbocycles. The van der Waals surface area contributed by atoms with Crippen LogP contribution >= 0.6 is 0 Å². The minimum Gasteiger partial charge on any atom is -0.489 e. The van der Waals surface area contributed by atoms with Crippen LogP contribution in [0.2, 0.25) is 0 Å². The quantitative estimate of drug-likeness (QED) is 0.816. The van der Waals surface area contributed by atoms with E-state index < -0.39 is 0 Å². The number of hydrogen-bond acceptors (Lipinski definition) is 2. The highest BCUT2D eigenvalue weighted by Crippen LogP contribution is 2.23. The van der Waals surface area contributed by atoms with E-state index in [0.717, 1.165) is 22.4 Å². The second-order valence-electron chi connectivity index (χ2n) is 5.31. The molecule has 0 radical (unpaired) electrons. The van der Waals surface area contributed by atoms with E-state index in [1.165, 1.54) is 0 Å². The van der Waals surface area contributed by atoms with Crippen molar-refractivity contribution in [2.75, 3.05) is 14.1 Å². The van der Waals surface area contributed by atoms with Crippen molar-refractivity contribution >= 4 is 12.0 Å². The maximum absolute atomic E-state index is 12.0. The van der Waals surface area contributed by atoms with E-state index >= 15 is 0 Å². The van der Waals surface area contributed by atoms with Crippen molar-refractivity contribution in [2.24, 2.45) is 0 Å². The van der Waals surface area contributed by atoms with Gasteiger partial charge in [-0.05, 0) is 23.3 Å². The molecule has 0 N–H and O–H groups in total. The van der Waals surface area contributed by atoms with Crippen molar-refractivity contribution in [1.82, 2.24) is 4.90 Å². The SMILES string of the molecule is C=Cc1ccc(OCc2ccccc2)c(CC(=O)N(C)C)c1. The van der Waals surface area contributed by atoms with Crippen LogP contribution in [-0.2, 0) is 17.8 Å². The third-order valence-corrected chi connectivity index (χ3v) is 3.40. The molecular weight excluding hydrogens is 274 g/mol. The van der Waals surface area contributed by atoms with E-state index in [9.17, 15) is 4.79 Å². The Morgan fingerprint density at radius 1 is 1.18 bits per heavy atom. The molecule has 0 bridgehead atoms. The van der Waals surface area contributed by atoms with E-state index in [-0.39, 0.29) is 5.91 Å². The molecule has 0 fully saturated rings. The topological polar surface area (TPSA) is 29.5 Å². The van der Waals surface area contributed by atoms with Gasteiger partial charge in [-0.1, -0.05) is 49.1 Å². The van der Waals surface area contributed by atoms with Crippen molar-refractivity contribution in [3.05, 3.63) is 71.8 Å². The predicted octanol–water partition coefficient (Wildman–Crippen LogP) is 3.54. The number of likely N-dealkylation sites (N-methyl/N-ethyl adjacent to an activating group) is 1. The molecule has 3 nitrogen and oxygen atoms in total. The van der Waals surface area contributed by atoms with Gasteiger partial charge in [0, 0.05) is 19.7 Å². The van der Waals surface area contributed by atoms with E-state index in [0.29, 0.717) is 13.0 Å². The fraction of sp³-hybridized carbons (Fsp3) is 0.211. The van der Waals surface area contributed by atoms with E-state index in [1.807, 2.05) is 48.5 Å². The van der Waals surface area contributed by atoms with Crippen LogP contribution in [0.3, 0.4) is 0 Å². The van der Waals surface area contributed by atoms with E-state index in [1.54, 1.807) is 25.1 Å². The number of rotatable bonds is 6. The van der Waals surface area contributed by atoms with Crippen molar-refractivity contribution in [3.8, 4) is 5.75 Å². The summed E-state index contributed by atoms with van der Waals surface area (Å²) in [5.74, 6) is 0.787. The van der Waals surface area contributed by atoms with E-state index in [4.69, 9.17) is 4.74 Å². The highest BCUT2D eigenvalue weighted by molar-refractivity contribution is 5.79. The minimum atomic E-state index is 0.0470. The molecule has 2 aromatic carbocycles. The first-order valence-corrected chi connectivity index (χ1v) is 7.22. The Bertz CT molecular complexity index is 648. The zero-order valence-electron chi connectivity index (χ0n) is 13.1. The molecule has 22 heavy (non-hydrogen) atoms.